The van der Waals surface area contributed by atoms with Crippen LogP contribution in [0.2, 0.25) is 0 Å². The van der Waals surface area contributed by atoms with Gasteiger partial charge in [-0.3, -0.25) is 4.90 Å². The van der Waals surface area contributed by atoms with E-state index in [0.29, 0.717) is 18.1 Å². The second-order valence-electron chi connectivity index (χ2n) is 5.28. The van der Waals surface area contributed by atoms with Gasteiger partial charge in [0.15, 0.2) is 0 Å². The summed E-state index contributed by atoms with van der Waals surface area (Å²) in [5, 5.41) is 3.33. The molecule has 1 heterocycles. The number of rotatable bonds is 5. The predicted molar refractivity (Wildman–Crippen MR) is 77.6 cm³/mol. The van der Waals surface area contributed by atoms with Crippen molar-refractivity contribution in [2.24, 2.45) is 0 Å². The summed E-state index contributed by atoms with van der Waals surface area (Å²) in [5.41, 5.74) is 1.08. The van der Waals surface area contributed by atoms with Crippen LogP contribution in [0, 0.1) is 5.82 Å². The van der Waals surface area contributed by atoms with E-state index in [2.05, 4.69) is 23.7 Å². The van der Waals surface area contributed by atoms with Crippen LogP contribution in [-0.4, -0.2) is 30.6 Å². The average Bonchev–Trinajstić information content (AvgIpc) is 2.82. The van der Waals surface area contributed by atoms with Crippen LogP contribution in [0.15, 0.2) is 36.9 Å². The molecule has 104 valence electrons. The molecule has 0 aliphatic carbocycles. The number of hydrogen-bond donors (Lipinski definition) is 1. The largest absolute Gasteiger partial charge is 0.316 e. The lowest BCUT2D eigenvalue weighted by Crippen LogP contribution is -2.44. The Morgan fingerprint density at radius 1 is 1.53 bits per heavy atom. The molecule has 1 saturated heterocycles. The van der Waals surface area contributed by atoms with Gasteiger partial charge in [0.25, 0.3) is 0 Å². The predicted octanol–water partition coefficient (Wildman–Crippen LogP) is 3.13. The Morgan fingerprint density at radius 3 is 2.95 bits per heavy atom. The summed E-state index contributed by atoms with van der Waals surface area (Å²) in [7, 11) is 1.99. The number of nitrogens with one attached hydrogen (secondary N) is 1. The van der Waals surface area contributed by atoms with E-state index in [1.54, 1.807) is 12.1 Å². The Labute approximate surface area is 115 Å². The highest BCUT2D eigenvalue weighted by Gasteiger charge is 2.35. The maximum absolute atomic E-state index is 13.4. The van der Waals surface area contributed by atoms with Gasteiger partial charge in [0.05, 0.1) is 0 Å². The molecule has 19 heavy (non-hydrogen) atoms. The minimum Gasteiger partial charge on any atom is -0.316 e. The Morgan fingerprint density at radius 2 is 2.32 bits per heavy atom. The third-order valence-electron chi connectivity index (χ3n) is 4.17. The molecule has 0 bridgehead atoms. The third kappa shape index (κ3) is 3.04. The van der Waals surface area contributed by atoms with Crippen LogP contribution in [0.4, 0.5) is 4.39 Å². The first-order chi connectivity index (χ1) is 9.17. The molecular weight excluding hydrogens is 239 g/mol. The summed E-state index contributed by atoms with van der Waals surface area (Å²) in [6.07, 6.45) is 4.15. The zero-order chi connectivity index (χ0) is 13.8. The van der Waals surface area contributed by atoms with Gasteiger partial charge in [-0.05, 0) is 44.5 Å². The highest BCUT2D eigenvalue weighted by molar-refractivity contribution is 5.22. The molecule has 0 radical (unpaired) electrons. The fourth-order valence-electron chi connectivity index (χ4n) is 3.10. The number of hydrogen-bond acceptors (Lipinski definition) is 2. The van der Waals surface area contributed by atoms with Crippen molar-refractivity contribution in [2.75, 3.05) is 13.6 Å². The van der Waals surface area contributed by atoms with Gasteiger partial charge in [-0.1, -0.05) is 18.2 Å². The molecule has 1 N–H and O–H groups in total. The fourth-order valence-corrected chi connectivity index (χ4v) is 3.10. The molecular formula is C16H23FN2. The van der Waals surface area contributed by atoms with E-state index >= 15 is 0 Å². The first-order valence-corrected chi connectivity index (χ1v) is 6.96. The molecule has 0 aromatic heterocycles. The smallest absolute Gasteiger partial charge is 0.123 e. The Balaban J connectivity index is 2.23. The van der Waals surface area contributed by atoms with E-state index in [1.807, 2.05) is 19.2 Å². The SMILES string of the molecule is C=CCN1[C@@H]([C@H](C)NC)CC[C@H]1c1cccc(F)c1. The number of likely N-dealkylation sites (N-methyl/N-ethyl adjacent to an activating group) is 1. The fraction of sp³-hybridized carbons (Fsp3) is 0.500. The lowest BCUT2D eigenvalue weighted by molar-refractivity contribution is 0.186. The van der Waals surface area contributed by atoms with Gasteiger partial charge in [0, 0.05) is 24.7 Å². The second kappa shape index (κ2) is 6.31. The van der Waals surface area contributed by atoms with E-state index in [4.69, 9.17) is 0 Å². The van der Waals surface area contributed by atoms with Crippen LogP contribution < -0.4 is 5.32 Å². The molecule has 0 unspecified atom stereocenters. The van der Waals surface area contributed by atoms with Gasteiger partial charge in [0.1, 0.15) is 5.82 Å². The summed E-state index contributed by atoms with van der Waals surface area (Å²) >= 11 is 0. The monoisotopic (exact) mass is 262 g/mol. The van der Waals surface area contributed by atoms with Gasteiger partial charge in [0.2, 0.25) is 0 Å². The zero-order valence-electron chi connectivity index (χ0n) is 11.8. The third-order valence-corrected chi connectivity index (χ3v) is 4.17. The Bertz CT molecular complexity index is 433. The van der Waals surface area contributed by atoms with Crippen LogP contribution in [0.1, 0.15) is 31.4 Å². The first-order valence-electron chi connectivity index (χ1n) is 6.96. The minimum absolute atomic E-state index is 0.152. The van der Waals surface area contributed by atoms with E-state index in [1.165, 1.54) is 6.07 Å². The van der Waals surface area contributed by atoms with Crippen molar-refractivity contribution in [1.82, 2.24) is 10.2 Å². The van der Waals surface area contributed by atoms with E-state index in [-0.39, 0.29) is 5.82 Å². The van der Waals surface area contributed by atoms with Gasteiger partial charge in [-0.25, -0.2) is 4.39 Å². The molecule has 1 aliphatic rings. The van der Waals surface area contributed by atoms with E-state index in [9.17, 15) is 4.39 Å². The highest BCUT2D eigenvalue weighted by atomic mass is 19.1. The highest BCUT2D eigenvalue weighted by Crippen LogP contribution is 2.37. The lowest BCUT2D eigenvalue weighted by Gasteiger charge is -2.32. The molecule has 2 nitrogen and oxygen atoms in total. The molecule has 0 amide bonds. The van der Waals surface area contributed by atoms with Crippen LogP contribution in [-0.2, 0) is 0 Å². The topological polar surface area (TPSA) is 15.3 Å². The van der Waals surface area contributed by atoms with Gasteiger partial charge in [-0.15, -0.1) is 6.58 Å². The van der Waals surface area contributed by atoms with Crippen molar-refractivity contribution in [3.8, 4) is 0 Å². The van der Waals surface area contributed by atoms with Gasteiger partial charge >= 0.3 is 0 Å². The molecule has 0 spiro atoms. The van der Waals surface area contributed by atoms with Crippen LogP contribution >= 0.6 is 0 Å². The van der Waals surface area contributed by atoms with Crippen molar-refractivity contribution < 1.29 is 4.39 Å². The molecule has 1 aliphatic heterocycles. The minimum atomic E-state index is -0.152. The normalized spacial score (nSPS) is 25.4. The van der Waals surface area contributed by atoms with Crippen molar-refractivity contribution in [1.29, 1.82) is 0 Å². The standard InChI is InChI=1S/C16H23FN2/c1-4-10-19-15(12(2)18-3)8-9-16(19)13-6-5-7-14(17)11-13/h4-7,11-12,15-16,18H,1,8-10H2,2-3H3/t12-,15+,16-/m0/s1. The van der Waals surface area contributed by atoms with Crippen LogP contribution in [0.25, 0.3) is 0 Å². The quantitative estimate of drug-likeness (QED) is 0.820. The van der Waals surface area contributed by atoms with Gasteiger partial charge in [-0.2, -0.15) is 0 Å². The summed E-state index contributed by atoms with van der Waals surface area (Å²) in [4.78, 5) is 2.43. The zero-order valence-corrected chi connectivity index (χ0v) is 11.8. The molecule has 1 fully saturated rings. The summed E-state index contributed by atoms with van der Waals surface area (Å²) in [6.45, 7) is 6.90. The summed E-state index contributed by atoms with van der Waals surface area (Å²) in [6, 6.07) is 8.20. The van der Waals surface area contributed by atoms with Crippen molar-refractivity contribution in [3.05, 3.63) is 48.3 Å². The summed E-state index contributed by atoms with van der Waals surface area (Å²) in [5.74, 6) is -0.152. The van der Waals surface area contributed by atoms with E-state index in [0.717, 1.165) is 24.9 Å². The molecule has 2 rings (SSSR count). The first kappa shape index (κ1) is 14.2. The lowest BCUT2D eigenvalue weighted by atomic mass is 10.0. The van der Waals surface area contributed by atoms with Crippen LogP contribution in [0.5, 0.6) is 0 Å². The average molecular weight is 262 g/mol. The molecule has 1 aromatic carbocycles. The van der Waals surface area contributed by atoms with Crippen molar-refractivity contribution >= 4 is 0 Å². The molecule has 1 aromatic rings. The maximum atomic E-state index is 13.4. The van der Waals surface area contributed by atoms with E-state index < -0.39 is 0 Å². The second-order valence-corrected chi connectivity index (χ2v) is 5.28. The van der Waals surface area contributed by atoms with Gasteiger partial charge < -0.3 is 5.32 Å². The molecule has 3 heteroatoms. The number of halogens is 1. The molecule has 3 atom stereocenters. The molecule has 0 saturated carbocycles. The number of likely N-dealkylation sites (tertiary alicyclic amines) is 1. The Hall–Kier alpha value is -1.19. The van der Waals surface area contributed by atoms with Crippen molar-refractivity contribution in [3.63, 3.8) is 0 Å². The Kier molecular flexibility index (Phi) is 4.72. The summed E-state index contributed by atoms with van der Waals surface area (Å²) < 4.78 is 13.4. The number of benzene rings is 1. The van der Waals surface area contributed by atoms with Crippen molar-refractivity contribution in [2.45, 2.75) is 37.9 Å². The van der Waals surface area contributed by atoms with Crippen LogP contribution in [0.3, 0.4) is 0 Å². The number of nitrogens with zero attached hydrogens (tertiary/aromatic N) is 1. The maximum Gasteiger partial charge on any atom is 0.123 e.